The highest BCUT2D eigenvalue weighted by Gasteiger charge is 2.42. The Balaban J connectivity index is 1.64. The van der Waals surface area contributed by atoms with Crippen LogP contribution in [0.1, 0.15) is 51.9 Å². The van der Waals surface area contributed by atoms with Gasteiger partial charge in [-0.2, -0.15) is 0 Å². The van der Waals surface area contributed by atoms with Gasteiger partial charge >= 0.3 is 0 Å². The van der Waals surface area contributed by atoms with Crippen molar-refractivity contribution in [3.05, 3.63) is 0 Å². The van der Waals surface area contributed by atoms with Gasteiger partial charge in [-0.25, -0.2) is 0 Å². The normalized spacial score (nSPS) is 41.2. The lowest BCUT2D eigenvalue weighted by Gasteiger charge is -2.43. The smallest absolute Gasteiger partial charge is 0.0731 e. The average molecular weight is 252 g/mol. The molecule has 3 nitrogen and oxygen atoms in total. The van der Waals surface area contributed by atoms with Crippen molar-refractivity contribution in [3.63, 3.8) is 0 Å². The molecule has 3 heteroatoms. The summed E-state index contributed by atoms with van der Waals surface area (Å²) in [6.45, 7) is 5.56. The highest BCUT2D eigenvalue weighted by molar-refractivity contribution is 4.98. The van der Waals surface area contributed by atoms with Gasteiger partial charge in [-0.15, -0.1) is 0 Å². The van der Waals surface area contributed by atoms with Crippen molar-refractivity contribution < 1.29 is 4.74 Å². The van der Waals surface area contributed by atoms with Gasteiger partial charge in [-0.1, -0.05) is 13.3 Å². The van der Waals surface area contributed by atoms with E-state index in [1.165, 1.54) is 51.5 Å². The van der Waals surface area contributed by atoms with Gasteiger partial charge < -0.3 is 10.1 Å². The second-order valence-corrected chi connectivity index (χ2v) is 6.20. The van der Waals surface area contributed by atoms with E-state index < -0.39 is 0 Å². The van der Waals surface area contributed by atoms with Crippen LogP contribution < -0.4 is 5.32 Å². The van der Waals surface area contributed by atoms with Gasteiger partial charge in [0.1, 0.15) is 0 Å². The Morgan fingerprint density at radius 2 is 1.94 bits per heavy atom. The monoisotopic (exact) mass is 252 g/mol. The van der Waals surface area contributed by atoms with Crippen LogP contribution in [-0.2, 0) is 4.74 Å². The molecule has 2 aliphatic carbocycles. The van der Waals surface area contributed by atoms with Crippen molar-refractivity contribution in [2.45, 2.75) is 76.1 Å². The first kappa shape index (κ1) is 12.9. The van der Waals surface area contributed by atoms with E-state index in [4.69, 9.17) is 4.74 Å². The molecule has 3 aliphatic rings. The zero-order valence-electron chi connectivity index (χ0n) is 11.7. The van der Waals surface area contributed by atoms with Crippen LogP contribution in [-0.4, -0.2) is 48.8 Å². The zero-order valence-corrected chi connectivity index (χ0v) is 11.7. The number of hydrogen-bond acceptors (Lipinski definition) is 3. The van der Waals surface area contributed by atoms with Crippen molar-refractivity contribution >= 4 is 0 Å². The third-order valence-electron chi connectivity index (χ3n) is 5.09. The van der Waals surface area contributed by atoms with Gasteiger partial charge in [0.05, 0.1) is 12.7 Å². The molecular weight excluding hydrogens is 224 g/mol. The maximum atomic E-state index is 5.95. The molecule has 1 saturated heterocycles. The fraction of sp³-hybridized carbons (Fsp3) is 1.00. The lowest BCUT2D eigenvalue weighted by molar-refractivity contribution is -0.0740. The summed E-state index contributed by atoms with van der Waals surface area (Å²) in [6, 6.07) is 2.25. The van der Waals surface area contributed by atoms with E-state index in [2.05, 4.69) is 17.1 Å². The van der Waals surface area contributed by atoms with Crippen molar-refractivity contribution in [2.75, 3.05) is 19.7 Å². The summed E-state index contributed by atoms with van der Waals surface area (Å²) in [5.41, 5.74) is 0. The summed E-state index contributed by atoms with van der Waals surface area (Å²) in [4.78, 5) is 2.81. The van der Waals surface area contributed by atoms with E-state index in [1.54, 1.807) is 0 Å². The van der Waals surface area contributed by atoms with Crippen LogP contribution in [0, 0.1) is 0 Å². The third-order valence-corrected chi connectivity index (χ3v) is 5.09. The second kappa shape index (κ2) is 5.89. The Kier molecular flexibility index (Phi) is 4.22. The van der Waals surface area contributed by atoms with E-state index >= 15 is 0 Å². The fourth-order valence-electron chi connectivity index (χ4n) is 4.27. The van der Waals surface area contributed by atoms with Gasteiger partial charge in [0.25, 0.3) is 0 Å². The molecule has 3 fully saturated rings. The first-order chi connectivity index (χ1) is 8.90. The SMILES string of the molecule is CCCNC1CCCC1N1CCOC2CCCC21. The molecule has 0 amide bonds. The Bertz CT molecular complexity index is 271. The van der Waals surface area contributed by atoms with Crippen molar-refractivity contribution in [2.24, 2.45) is 0 Å². The standard InChI is InChI=1S/C15H28N2O/c1-2-9-16-12-5-3-6-13(12)17-10-11-18-15-8-4-7-14(15)17/h12-16H,2-11H2,1H3. The quantitative estimate of drug-likeness (QED) is 0.830. The molecule has 4 atom stereocenters. The lowest BCUT2D eigenvalue weighted by atomic mass is 10.0. The van der Waals surface area contributed by atoms with Gasteiger partial charge in [-0.05, 0) is 45.1 Å². The molecule has 1 heterocycles. The van der Waals surface area contributed by atoms with Crippen molar-refractivity contribution in [3.8, 4) is 0 Å². The Hall–Kier alpha value is -0.120. The molecule has 0 aromatic carbocycles. The molecular formula is C15H28N2O. The number of nitrogens with one attached hydrogen (secondary N) is 1. The van der Waals surface area contributed by atoms with E-state index in [0.717, 1.165) is 31.3 Å². The molecule has 0 bridgehead atoms. The predicted molar refractivity (Wildman–Crippen MR) is 73.8 cm³/mol. The predicted octanol–water partition coefficient (Wildman–Crippen LogP) is 2.16. The van der Waals surface area contributed by atoms with Gasteiger partial charge in [0.15, 0.2) is 0 Å². The molecule has 0 aromatic heterocycles. The molecule has 4 unspecified atom stereocenters. The van der Waals surface area contributed by atoms with Crippen LogP contribution in [0.25, 0.3) is 0 Å². The number of fused-ring (bicyclic) bond motifs is 1. The van der Waals surface area contributed by atoms with E-state index in [-0.39, 0.29) is 0 Å². The maximum Gasteiger partial charge on any atom is 0.0731 e. The minimum absolute atomic E-state index is 0.547. The largest absolute Gasteiger partial charge is 0.375 e. The van der Waals surface area contributed by atoms with Gasteiger partial charge in [-0.3, -0.25) is 4.90 Å². The first-order valence-corrected chi connectivity index (χ1v) is 8.01. The van der Waals surface area contributed by atoms with Crippen LogP contribution in [0.5, 0.6) is 0 Å². The van der Waals surface area contributed by atoms with Gasteiger partial charge in [0.2, 0.25) is 0 Å². The number of ether oxygens (including phenoxy) is 1. The van der Waals surface area contributed by atoms with Crippen LogP contribution >= 0.6 is 0 Å². The van der Waals surface area contributed by atoms with Crippen LogP contribution in [0.15, 0.2) is 0 Å². The summed E-state index contributed by atoms with van der Waals surface area (Å²) < 4.78 is 5.95. The Morgan fingerprint density at radius 3 is 2.83 bits per heavy atom. The van der Waals surface area contributed by atoms with Crippen LogP contribution in [0.2, 0.25) is 0 Å². The Labute approximate surface area is 111 Å². The van der Waals surface area contributed by atoms with Crippen LogP contribution in [0.4, 0.5) is 0 Å². The van der Waals surface area contributed by atoms with Crippen molar-refractivity contribution in [1.82, 2.24) is 10.2 Å². The first-order valence-electron chi connectivity index (χ1n) is 8.01. The summed E-state index contributed by atoms with van der Waals surface area (Å²) in [6.07, 6.45) is 9.99. The Morgan fingerprint density at radius 1 is 1.11 bits per heavy atom. The van der Waals surface area contributed by atoms with Gasteiger partial charge in [0, 0.05) is 24.7 Å². The summed E-state index contributed by atoms with van der Waals surface area (Å²) in [5, 5.41) is 3.78. The van der Waals surface area contributed by atoms with Crippen molar-refractivity contribution in [1.29, 1.82) is 0 Å². The maximum absolute atomic E-state index is 5.95. The van der Waals surface area contributed by atoms with E-state index in [1.807, 2.05) is 0 Å². The highest BCUT2D eigenvalue weighted by Crippen LogP contribution is 2.35. The third kappa shape index (κ3) is 2.45. The summed E-state index contributed by atoms with van der Waals surface area (Å²) >= 11 is 0. The fourth-order valence-corrected chi connectivity index (χ4v) is 4.27. The zero-order chi connectivity index (χ0) is 12.4. The number of hydrogen-bond donors (Lipinski definition) is 1. The number of nitrogens with zero attached hydrogens (tertiary/aromatic N) is 1. The summed E-state index contributed by atoms with van der Waals surface area (Å²) in [5.74, 6) is 0. The molecule has 0 spiro atoms. The average Bonchev–Trinajstić information content (AvgIpc) is 3.04. The molecule has 0 radical (unpaired) electrons. The minimum Gasteiger partial charge on any atom is -0.375 e. The molecule has 18 heavy (non-hydrogen) atoms. The molecule has 3 rings (SSSR count). The molecule has 1 aliphatic heterocycles. The summed E-state index contributed by atoms with van der Waals surface area (Å²) in [7, 11) is 0. The molecule has 2 saturated carbocycles. The molecule has 1 N–H and O–H groups in total. The molecule has 0 aromatic rings. The topological polar surface area (TPSA) is 24.5 Å². The molecule has 104 valence electrons. The number of morpholine rings is 1. The van der Waals surface area contributed by atoms with Crippen LogP contribution in [0.3, 0.4) is 0 Å². The second-order valence-electron chi connectivity index (χ2n) is 6.20. The highest BCUT2D eigenvalue weighted by atomic mass is 16.5. The van der Waals surface area contributed by atoms with E-state index in [0.29, 0.717) is 6.10 Å². The van der Waals surface area contributed by atoms with E-state index in [9.17, 15) is 0 Å². The minimum atomic E-state index is 0.547. The lowest BCUT2D eigenvalue weighted by Crippen LogP contribution is -2.57. The number of rotatable bonds is 4.